The second-order valence-electron chi connectivity index (χ2n) is 6.86. The number of aromatic carboxylic acids is 1. The first-order valence-corrected chi connectivity index (χ1v) is 9.32. The summed E-state index contributed by atoms with van der Waals surface area (Å²) < 4.78 is 20.2. The molecule has 0 spiro atoms. The van der Waals surface area contributed by atoms with E-state index in [1.54, 1.807) is 10.6 Å². The van der Waals surface area contributed by atoms with Gasteiger partial charge in [0, 0.05) is 29.6 Å². The molecule has 1 aromatic heterocycles. The lowest BCUT2D eigenvalue weighted by Gasteiger charge is -2.12. The summed E-state index contributed by atoms with van der Waals surface area (Å²) in [6.45, 7) is 0.181. The Morgan fingerprint density at radius 1 is 1.07 bits per heavy atom. The Kier molecular flexibility index (Phi) is 5.10. The van der Waals surface area contributed by atoms with Gasteiger partial charge in [0.15, 0.2) is 0 Å². The summed E-state index contributed by atoms with van der Waals surface area (Å²) >= 11 is 0. The van der Waals surface area contributed by atoms with Crippen LogP contribution in [0.5, 0.6) is 0 Å². The fraction of sp³-hybridized carbons (Fsp3) is 0.130. The summed E-state index contributed by atoms with van der Waals surface area (Å²) in [5.74, 6) is -1.64. The van der Waals surface area contributed by atoms with Gasteiger partial charge >= 0.3 is 12.1 Å². The van der Waals surface area contributed by atoms with E-state index in [-0.39, 0.29) is 18.8 Å². The summed E-state index contributed by atoms with van der Waals surface area (Å²) in [5, 5.41) is 15.0. The molecule has 1 heterocycles. The Balaban J connectivity index is 1.91. The van der Waals surface area contributed by atoms with Crippen LogP contribution in [0.15, 0.2) is 60.7 Å². The third kappa shape index (κ3) is 3.45. The van der Waals surface area contributed by atoms with Crippen molar-refractivity contribution in [2.45, 2.75) is 13.1 Å². The zero-order valence-electron chi connectivity index (χ0n) is 16.2. The van der Waals surface area contributed by atoms with E-state index in [1.807, 2.05) is 42.5 Å². The first kappa shape index (κ1) is 19.4. The Bertz CT molecular complexity index is 1270. The fourth-order valence-electron chi connectivity index (χ4n) is 3.82. The van der Waals surface area contributed by atoms with Crippen LogP contribution in [0.1, 0.15) is 21.6 Å². The van der Waals surface area contributed by atoms with Crippen molar-refractivity contribution in [3.63, 3.8) is 0 Å². The molecule has 1 amide bonds. The molecule has 3 aromatic carbocycles. The van der Waals surface area contributed by atoms with E-state index in [0.29, 0.717) is 16.5 Å². The number of hydrogen-bond donors (Lipinski definition) is 2. The molecule has 0 saturated carbocycles. The number of halogens is 1. The van der Waals surface area contributed by atoms with Crippen molar-refractivity contribution in [1.29, 1.82) is 0 Å². The lowest BCUT2D eigenvalue weighted by Crippen LogP contribution is -2.23. The average Bonchev–Trinajstić information content (AvgIpc) is 3.04. The molecule has 0 fully saturated rings. The third-order valence-corrected chi connectivity index (χ3v) is 5.14. The van der Waals surface area contributed by atoms with Gasteiger partial charge in [-0.2, -0.15) is 0 Å². The van der Waals surface area contributed by atoms with Gasteiger partial charge in [-0.15, -0.1) is 0 Å². The summed E-state index contributed by atoms with van der Waals surface area (Å²) in [5.41, 5.74) is 1.83. The van der Waals surface area contributed by atoms with E-state index >= 15 is 0 Å². The topological polar surface area (TPSA) is 80.6 Å². The number of carboxylic acid groups (broad SMARTS) is 1. The van der Waals surface area contributed by atoms with Gasteiger partial charge in [-0.1, -0.05) is 42.5 Å². The molecule has 0 aliphatic heterocycles. The summed E-state index contributed by atoms with van der Waals surface area (Å²) in [7, 11) is 1.22. The number of nitrogens with zero attached hydrogens (tertiary/aromatic N) is 1. The second-order valence-corrected chi connectivity index (χ2v) is 6.86. The fourth-order valence-corrected chi connectivity index (χ4v) is 3.82. The van der Waals surface area contributed by atoms with E-state index in [2.05, 4.69) is 10.1 Å². The number of alkyl carbamates (subject to hydrolysis) is 1. The molecule has 0 unspecified atom stereocenters. The molecular weight excluding hydrogens is 387 g/mol. The number of rotatable bonds is 5. The van der Waals surface area contributed by atoms with Crippen molar-refractivity contribution in [3.8, 4) is 0 Å². The number of benzene rings is 3. The third-order valence-electron chi connectivity index (χ3n) is 5.14. The highest BCUT2D eigenvalue weighted by Crippen LogP contribution is 2.30. The molecule has 6 nitrogen and oxygen atoms in total. The van der Waals surface area contributed by atoms with Crippen LogP contribution in [-0.2, 0) is 17.8 Å². The van der Waals surface area contributed by atoms with Crippen molar-refractivity contribution >= 4 is 33.7 Å². The van der Waals surface area contributed by atoms with Gasteiger partial charge in [0.2, 0.25) is 0 Å². The number of carboxylic acids is 1. The molecule has 0 atom stereocenters. The molecule has 2 N–H and O–H groups in total. The van der Waals surface area contributed by atoms with Gasteiger partial charge in [0.25, 0.3) is 0 Å². The number of carbonyl (C=O) groups is 2. The highest BCUT2D eigenvalue weighted by atomic mass is 19.1. The number of nitrogens with one attached hydrogen (secondary N) is 1. The first-order valence-electron chi connectivity index (χ1n) is 9.32. The average molecular weight is 406 g/mol. The minimum absolute atomic E-state index is 0.0000581. The molecule has 0 aliphatic rings. The molecule has 7 heteroatoms. The van der Waals surface area contributed by atoms with Gasteiger partial charge in [0.1, 0.15) is 11.5 Å². The molecule has 4 rings (SSSR count). The quantitative estimate of drug-likeness (QED) is 0.510. The van der Waals surface area contributed by atoms with E-state index < -0.39 is 17.9 Å². The Hall–Kier alpha value is -3.87. The number of aromatic nitrogens is 1. The summed E-state index contributed by atoms with van der Waals surface area (Å²) in [4.78, 5) is 23.8. The first-order chi connectivity index (χ1) is 14.5. The minimum atomic E-state index is -1.16. The predicted molar refractivity (Wildman–Crippen MR) is 111 cm³/mol. The monoisotopic (exact) mass is 406 g/mol. The van der Waals surface area contributed by atoms with Crippen molar-refractivity contribution < 1.29 is 23.8 Å². The predicted octanol–water partition coefficient (Wildman–Crippen LogP) is 4.54. The van der Waals surface area contributed by atoms with Crippen LogP contribution in [-0.4, -0.2) is 28.8 Å². The lowest BCUT2D eigenvalue weighted by molar-refractivity contribution is 0.0684. The molecule has 30 heavy (non-hydrogen) atoms. The molecule has 4 aromatic rings. The maximum atomic E-state index is 14.0. The SMILES string of the molecule is COC(=O)NCc1c(C(=O)O)n(Cc2cccc3ccccc23)c2ccc(F)cc12. The molecule has 152 valence electrons. The number of carbonyl (C=O) groups excluding carboxylic acids is 1. The van der Waals surface area contributed by atoms with Gasteiger partial charge in [0.05, 0.1) is 7.11 Å². The molecular formula is C23H19FN2O4. The zero-order chi connectivity index (χ0) is 21.3. The maximum Gasteiger partial charge on any atom is 0.407 e. The molecule has 0 saturated heterocycles. The number of ether oxygens (including phenoxy) is 1. The van der Waals surface area contributed by atoms with Crippen molar-refractivity contribution in [2.24, 2.45) is 0 Å². The van der Waals surface area contributed by atoms with Crippen LogP contribution in [0.4, 0.5) is 9.18 Å². The van der Waals surface area contributed by atoms with Crippen molar-refractivity contribution in [3.05, 3.63) is 83.3 Å². The van der Waals surface area contributed by atoms with E-state index in [9.17, 15) is 19.1 Å². The van der Waals surface area contributed by atoms with Crippen LogP contribution in [0.3, 0.4) is 0 Å². The number of fused-ring (bicyclic) bond motifs is 2. The van der Waals surface area contributed by atoms with Crippen molar-refractivity contribution in [1.82, 2.24) is 9.88 Å². The number of amides is 1. The van der Waals surface area contributed by atoms with Gasteiger partial charge in [-0.05, 0) is 34.5 Å². The Morgan fingerprint density at radius 2 is 1.83 bits per heavy atom. The molecule has 0 aliphatic carbocycles. The van der Waals surface area contributed by atoms with Crippen LogP contribution in [0.2, 0.25) is 0 Å². The summed E-state index contributed by atoms with van der Waals surface area (Å²) in [6, 6.07) is 17.8. The van der Waals surface area contributed by atoms with E-state index in [1.165, 1.54) is 19.2 Å². The molecule has 0 radical (unpaired) electrons. The zero-order valence-corrected chi connectivity index (χ0v) is 16.2. The van der Waals surface area contributed by atoms with Gasteiger partial charge in [-0.25, -0.2) is 14.0 Å². The normalized spacial score (nSPS) is 11.0. The smallest absolute Gasteiger partial charge is 0.407 e. The largest absolute Gasteiger partial charge is 0.477 e. The van der Waals surface area contributed by atoms with Crippen LogP contribution >= 0.6 is 0 Å². The maximum absolute atomic E-state index is 14.0. The molecule has 0 bridgehead atoms. The number of hydrogen-bond acceptors (Lipinski definition) is 3. The Labute approximate surface area is 171 Å². The lowest BCUT2D eigenvalue weighted by atomic mass is 10.0. The van der Waals surface area contributed by atoms with E-state index in [0.717, 1.165) is 16.3 Å². The van der Waals surface area contributed by atoms with E-state index in [4.69, 9.17) is 0 Å². The summed E-state index contributed by atoms with van der Waals surface area (Å²) in [6.07, 6.45) is -0.697. The second kappa shape index (κ2) is 7.87. The standard InChI is InChI=1S/C23H19FN2O4/c1-30-23(29)25-12-19-18-11-16(24)9-10-20(18)26(21(19)22(27)28)13-15-7-4-6-14-5-2-3-8-17(14)15/h2-11H,12-13H2,1H3,(H,25,29)(H,27,28). The van der Waals surface area contributed by atoms with Gasteiger partial charge < -0.3 is 19.7 Å². The number of methoxy groups -OCH3 is 1. The van der Waals surface area contributed by atoms with Crippen LogP contribution < -0.4 is 5.32 Å². The van der Waals surface area contributed by atoms with Gasteiger partial charge in [-0.3, -0.25) is 0 Å². The highest BCUT2D eigenvalue weighted by molar-refractivity contribution is 5.99. The highest BCUT2D eigenvalue weighted by Gasteiger charge is 2.23. The van der Waals surface area contributed by atoms with Crippen molar-refractivity contribution in [2.75, 3.05) is 7.11 Å². The minimum Gasteiger partial charge on any atom is -0.477 e. The Morgan fingerprint density at radius 3 is 2.60 bits per heavy atom. The van der Waals surface area contributed by atoms with Crippen LogP contribution in [0.25, 0.3) is 21.7 Å². The van der Waals surface area contributed by atoms with Crippen LogP contribution in [0, 0.1) is 5.82 Å².